The molecule has 0 aliphatic heterocycles. The summed E-state index contributed by atoms with van der Waals surface area (Å²) in [6, 6.07) is 5.92. The van der Waals surface area contributed by atoms with E-state index in [-0.39, 0.29) is 5.41 Å². The number of halogens is 1. The van der Waals surface area contributed by atoms with Gasteiger partial charge in [-0.2, -0.15) is 0 Å². The van der Waals surface area contributed by atoms with E-state index in [4.69, 9.17) is 16.3 Å². The number of hydrogen-bond acceptors (Lipinski definition) is 2. The van der Waals surface area contributed by atoms with Gasteiger partial charge in [-0.15, -0.1) is 0 Å². The van der Waals surface area contributed by atoms with E-state index in [1.807, 2.05) is 12.1 Å². The van der Waals surface area contributed by atoms with Gasteiger partial charge in [-0.25, -0.2) is 0 Å². The minimum absolute atomic E-state index is 0.0745. The third-order valence-electron chi connectivity index (χ3n) is 3.93. The molecule has 1 N–H and O–H groups in total. The maximum absolute atomic E-state index is 6.20. The Morgan fingerprint density at radius 2 is 2.00 bits per heavy atom. The van der Waals surface area contributed by atoms with Crippen LogP contribution in [0, 0.1) is 5.92 Å². The second-order valence-corrected chi connectivity index (χ2v) is 6.47. The molecule has 1 aliphatic carbocycles. The largest absolute Gasteiger partial charge is 0.496 e. The lowest BCUT2D eigenvalue weighted by Gasteiger charge is -2.32. The molecule has 2 rings (SSSR count). The van der Waals surface area contributed by atoms with Crippen LogP contribution in [-0.4, -0.2) is 20.2 Å². The molecule has 0 bridgehead atoms. The summed E-state index contributed by atoms with van der Waals surface area (Å²) in [6.07, 6.45) is 6.60. The average molecular weight is 294 g/mol. The highest BCUT2D eigenvalue weighted by Gasteiger charge is 2.35. The van der Waals surface area contributed by atoms with Crippen LogP contribution in [0.4, 0.5) is 0 Å². The van der Waals surface area contributed by atoms with Gasteiger partial charge < -0.3 is 10.1 Å². The molecule has 0 amide bonds. The molecule has 0 unspecified atom stereocenters. The standard InChI is InChI=1S/C17H24ClNO/c1-13(2)11-19-12-17(8-4-5-9-17)15-10-14(18)6-7-16(15)20-3/h4-7,10,13,19H,8-9,11-12H2,1-3H3. The highest BCUT2D eigenvalue weighted by atomic mass is 35.5. The number of methoxy groups -OCH3 is 1. The van der Waals surface area contributed by atoms with Crippen LogP contribution in [0.3, 0.4) is 0 Å². The Bertz CT molecular complexity index is 474. The van der Waals surface area contributed by atoms with Crippen LogP contribution in [0.15, 0.2) is 30.4 Å². The molecular weight excluding hydrogens is 270 g/mol. The molecular formula is C17H24ClNO. The predicted octanol–water partition coefficient (Wildman–Crippen LogP) is 4.18. The quantitative estimate of drug-likeness (QED) is 0.795. The first-order valence-corrected chi connectivity index (χ1v) is 7.65. The zero-order chi connectivity index (χ0) is 14.6. The summed E-state index contributed by atoms with van der Waals surface area (Å²) in [5, 5.41) is 4.37. The lowest BCUT2D eigenvalue weighted by atomic mass is 9.77. The lowest BCUT2D eigenvalue weighted by Crippen LogP contribution is -2.38. The van der Waals surface area contributed by atoms with Crippen LogP contribution in [0.2, 0.25) is 5.02 Å². The first-order valence-electron chi connectivity index (χ1n) is 7.27. The van der Waals surface area contributed by atoms with Crippen molar-refractivity contribution in [2.45, 2.75) is 32.1 Å². The van der Waals surface area contributed by atoms with Gasteiger partial charge in [-0.1, -0.05) is 37.6 Å². The van der Waals surface area contributed by atoms with E-state index < -0.39 is 0 Å². The Balaban J connectivity index is 2.26. The van der Waals surface area contributed by atoms with Crippen molar-refractivity contribution in [2.75, 3.05) is 20.2 Å². The summed E-state index contributed by atoms with van der Waals surface area (Å²) in [5.74, 6) is 1.59. The number of hydrogen-bond donors (Lipinski definition) is 1. The van der Waals surface area contributed by atoms with Crippen molar-refractivity contribution >= 4 is 11.6 Å². The SMILES string of the molecule is COc1ccc(Cl)cc1C1(CNCC(C)C)CC=CC1. The molecule has 0 saturated carbocycles. The van der Waals surface area contributed by atoms with E-state index in [1.165, 1.54) is 5.56 Å². The minimum Gasteiger partial charge on any atom is -0.496 e. The summed E-state index contributed by atoms with van der Waals surface area (Å²) in [7, 11) is 1.73. The zero-order valence-corrected chi connectivity index (χ0v) is 13.3. The molecule has 3 heteroatoms. The topological polar surface area (TPSA) is 21.3 Å². The van der Waals surface area contributed by atoms with Gasteiger partial charge in [0, 0.05) is 22.5 Å². The maximum atomic E-state index is 6.20. The van der Waals surface area contributed by atoms with E-state index in [0.717, 1.165) is 36.7 Å². The molecule has 1 aromatic rings. The Labute approximate surface area is 127 Å². The minimum atomic E-state index is 0.0745. The van der Waals surface area contributed by atoms with E-state index in [0.29, 0.717) is 5.92 Å². The van der Waals surface area contributed by atoms with Gasteiger partial charge in [0.2, 0.25) is 0 Å². The van der Waals surface area contributed by atoms with E-state index in [2.05, 4.69) is 37.4 Å². The maximum Gasteiger partial charge on any atom is 0.122 e. The molecule has 0 heterocycles. The Morgan fingerprint density at radius 1 is 1.30 bits per heavy atom. The van der Waals surface area contributed by atoms with E-state index in [1.54, 1.807) is 7.11 Å². The fraction of sp³-hybridized carbons (Fsp3) is 0.529. The molecule has 110 valence electrons. The van der Waals surface area contributed by atoms with Gasteiger partial charge in [0.05, 0.1) is 7.11 Å². The predicted molar refractivity (Wildman–Crippen MR) is 85.8 cm³/mol. The second-order valence-electron chi connectivity index (χ2n) is 6.03. The smallest absolute Gasteiger partial charge is 0.122 e. The molecule has 1 aliphatic rings. The summed E-state index contributed by atoms with van der Waals surface area (Å²) in [5.41, 5.74) is 1.29. The average Bonchev–Trinajstić information content (AvgIpc) is 2.88. The fourth-order valence-electron chi connectivity index (χ4n) is 2.86. The van der Waals surface area contributed by atoms with Crippen molar-refractivity contribution in [1.29, 1.82) is 0 Å². The second kappa shape index (κ2) is 6.64. The summed E-state index contributed by atoms with van der Waals surface area (Å²) < 4.78 is 5.55. The number of allylic oxidation sites excluding steroid dienone is 2. The highest BCUT2D eigenvalue weighted by molar-refractivity contribution is 6.30. The van der Waals surface area contributed by atoms with E-state index in [9.17, 15) is 0 Å². The molecule has 1 aromatic carbocycles. The molecule has 20 heavy (non-hydrogen) atoms. The molecule has 0 saturated heterocycles. The van der Waals surface area contributed by atoms with Crippen molar-refractivity contribution in [3.8, 4) is 5.75 Å². The number of nitrogens with one attached hydrogen (secondary N) is 1. The van der Waals surface area contributed by atoms with Crippen molar-refractivity contribution in [3.63, 3.8) is 0 Å². The van der Waals surface area contributed by atoms with Gasteiger partial charge >= 0.3 is 0 Å². The van der Waals surface area contributed by atoms with Crippen LogP contribution in [0.25, 0.3) is 0 Å². The van der Waals surface area contributed by atoms with Crippen molar-refractivity contribution < 1.29 is 4.74 Å². The molecule has 0 spiro atoms. The first kappa shape index (κ1) is 15.4. The van der Waals surface area contributed by atoms with Gasteiger partial charge in [-0.3, -0.25) is 0 Å². The lowest BCUT2D eigenvalue weighted by molar-refractivity contribution is 0.363. The van der Waals surface area contributed by atoms with Crippen molar-refractivity contribution in [3.05, 3.63) is 40.9 Å². The Hall–Kier alpha value is -0.990. The van der Waals surface area contributed by atoms with Crippen LogP contribution in [0.5, 0.6) is 5.75 Å². The third kappa shape index (κ3) is 3.36. The van der Waals surface area contributed by atoms with Crippen LogP contribution >= 0.6 is 11.6 Å². The van der Waals surface area contributed by atoms with E-state index >= 15 is 0 Å². The Morgan fingerprint density at radius 3 is 2.60 bits per heavy atom. The van der Waals surface area contributed by atoms with Gasteiger partial charge in [0.1, 0.15) is 5.75 Å². The highest BCUT2D eigenvalue weighted by Crippen LogP contribution is 2.42. The third-order valence-corrected chi connectivity index (χ3v) is 4.17. The van der Waals surface area contributed by atoms with Gasteiger partial charge in [0.25, 0.3) is 0 Å². The fourth-order valence-corrected chi connectivity index (χ4v) is 3.03. The van der Waals surface area contributed by atoms with Crippen molar-refractivity contribution in [2.24, 2.45) is 5.92 Å². The molecule has 0 aromatic heterocycles. The van der Waals surface area contributed by atoms with Crippen molar-refractivity contribution in [1.82, 2.24) is 5.32 Å². The number of benzene rings is 1. The molecule has 0 atom stereocenters. The monoisotopic (exact) mass is 293 g/mol. The summed E-state index contributed by atoms with van der Waals surface area (Å²) >= 11 is 6.20. The number of rotatable bonds is 6. The van der Waals surface area contributed by atoms with Gasteiger partial charge in [-0.05, 0) is 43.5 Å². The molecule has 0 radical (unpaired) electrons. The van der Waals surface area contributed by atoms with Crippen LogP contribution in [0.1, 0.15) is 32.3 Å². The first-order chi connectivity index (χ1) is 9.57. The molecule has 0 fully saturated rings. The Kier molecular flexibility index (Phi) is 5.11. The normalized spacial score (nSPS) is 16.9. The number of ether oxygens (including phenoxy) is 1. The van der Waals surface area contributed by atoms with Gasteiger partial charge in [0.15, 0.2) is 0 Å². The van der Waals surface area contributed by atoms with Crippen LogP contribution in [-0.2, 0) is 5.41 Å². The molecule has 2 nitrogen and oxygen atoms in total. The van der Waals surface area contributed by atoms with Crippen LogP contribution < -0.4 is 10.1 Å². The summed E-state index contributed by atoms with van der Waals surface area (Å²) in [4.78, 5) is 0. The zero-order valence-electron chi connectivity index (χ0n) is 12.6. The summed E-state index contributed by atoms with van der Waals surface area (Å²) in [6.45, 7) is 6.44.